The molecule has 0 bridgehead atoms. The Balaban J connectivity index is 1.37. The third-order valence-electron chi connectivity index (χ3n) is 10.2. The Bertz CT molecular complexity index is 2260. The molecule has 0 spiro atoms. The van der Waals surface area contributed by atoms with E-state index in [2.05, 4.69) is 148 Å². The second kappa shape index (κ2) is 7.56. The number of rotatable bonds is 1. The van der Waals surface area contributed by atoms with Crippen molar-refractivity contribution in [3.63, 3.8) is 0 Å². The second-order valence-electron chi connectivity index (χ2n) is 13.0. The number of benzene rings is 6. The first-order valence-corrected chi connectivity index (χ1v) is 14.7. The summed E-state index contributed by atoms with van der Waals surface area (Å²) in [6.07, 6.45) is 0. The molecule has 0 atom stereocenters. The summed E-state index contributed by atoms with van der Waals surface area (Å²) < 4.78 is 2.49. The number of nitrogens with zero attached hydrogens (tertiary/aromatic N) is 1. The summed E-state index contributed by atoms with van der Waals surface area (Å²) in [7, 11) is 0. The summed E-state index contributed by atoms with van der Waals surface area (Å²) >= 11 is 0. The Morgan fingerprint density at radius 2 is 1.10 bits per heavy atom. The van der Waals surface area contributed by atoms with Gasteiger partial charge in [-0.3, -0.25) is 0 Å². The van der Waals surface area contributed by atoms with E-state index in [1.807, 2.05) is 0 Å². The molecular weight excluding hydrogens is 494 g/mol. The van der Waals surface area contributed by atoms with Crippen molar-refractivity contribution in [2.24, 2.45) is 0 Å². The lowest BCUT2D eigenvalue weighted by molar-refractivity contribution is 0.660. The molecule has 196 valence electrons. The zero-order chi connectivity index (χ0) is 27.7. The van der Waals surface area contributed by atoms with E-state index in [9.17, 15) is 0 Å². The highest BCUT2D eigenvalue weighted by molar-refractivity contribution is 6.15. The van der Waals surface area contributed by atoms with Crippen molar-refractivity contribution in [1.82, 2.24) is 4.57 Å². The van der Waals surface area contributed by atoms with Gasteiger partial charge in [0.05, 0.1) is 11.0 Å². The first kappa shape index (κ1) is 23.1. The lowest BCUT2D eigenvalue weighted by Crippen LogP contribution is -2.15. The Hall–Kier alpha value is -4.62. The summed E-state index contributed by atoms with van der Waals surface area (Å²) in [6.45, 7) is 9.47. The Morgan fingerprint density at radius 3 is 1.90 bits per heavy atom. The summed E-state index contributed by atoms with van der Waals surface area (Å²) in [5, 5.41) is 5.27. The average Bonchev–Trinajstić information content (AvgIpc) is 3.53. The highest BCUT2D eigenvalue weighted by Crippen LogP contribution is 2.53. The van der Waals surface area contributed by atoms with Gasteiger partial charge < -0.3 is 4.57 Å². The van der Waals surface area contributed by atoms with Crippen LogP contribution >= 0.6 is 0 Å². The highest BCUT2D eigenvalue weighted by atomic mass is 15.0. The van der Waals surface area contributed by atoms with E-state index in [0.717, 1.165) is 0 Å². The fourth-order valence-electron chi connectivity index (χ4n) is 8.21. The fraction of sp³-hybridized carbons (Fsp3) is 0.150. The second-order valence-corrected chi connectivity index (χ2v) is 13.0. The van der Waals surface area contributed by atoms with E-state index >= 15 is 0 Å². The maximum Gasteiger partial charge on any atom is 0.0547 e. The molecule has 7 aromatic rings. The third kappa shape index (κ3) is 2.81. The highest BCUT2D eigenvalue weighted by Gasteiger charge is 2.37. The first-order valence-electron chi connectivity index (χ1n) is 14.7. The molecule has 0 unspecified atom stereocenters. The van der Waals surface area contributed by atoms with Crippen LogP contribution in [0.4, 0.5) is 0 Å². The van der Waals surface area contributed by atoms with Crippen molar-refractivity contribution in [3.8, 4) is 27.9 Å². The third-order valence-corrected chi connectivity index (χ3v) is 10.2. The van der Waals surface area contributed by atoms with Crippen molar-refractivity contribution in [3.05, 3.63) is 138 Å². The maximum atomic E-state index is 2.49. The fourth-order valence-corrected chi connectivity index (χ4v) is 8.21. The van der Waals surface area contributed by atoms with Crippen LogP contribution in [0.2, 0.25) is 0 Å². The number of hydrogen-bond acceptors (Lipinski definition) is 0. The van der Waals surface area contributed by atoms with Crippen LogP contribution in [-0.2, 0) is 10.8 Å². The minimum atomic E-state index is -0.0567. The van der Waals surface area contributed by atoms with E-state index in [-0.39, 0.29) is 10.8 Å². The van der Waals surface area contributed by atoms with Gasteiger partial charge >= 0.3 is 0 Å². The van der Waals surface area contributed by atoms with Gasteiger partial charge in [0.1, 0.15) is 0 Å². The molecule has 0 amide bonds. The molecule has 0 saturated heterocycles. The predicted octanol–water partition coefficient (Wildman–Crippen LogP) is 10.5. The average molecular weight is 526 g/mol. The molecule has 0 radical (unpaired) electrons. The molecule has 6 aromatic carbocycles. The SMILES string of the molecule is CC1(C)c2ccccc2-c2cc(-n3c4ccccc4c4cc5ccc6c(c5cc43)C(C)(C)c3ccccc3-6)ccc21. The van der Waals surface area contributed by atoms with Gasteiger partial charge in [-0.05, 0) is 85.6 Å². The monoisotopic (exact) mass is 525 g/mol. The standard InChI is InChI=1S/C40H31N/c1-39(2)33-14-8-6-12-27(33)31-22-25(18-20-35(31)39)41-36-16-10-7-13-28(36)32-21-24-17-19-29-26-11-5-9-15-34(26)40(3,4)38(29)30(24)23-37(32)41/h5-23H,1-4H3. The summed E-state index contributed by atoms with van der Waals surface area (Å²) in [5.74, 6) is 0. The quantitative estimate of drug-likeness (QED) is 0.201. The Kier molecular flexibility index (Phi) is 4.26. The van der Waals surface area contributed by atoms with E-state index in [4.69, 9.17) is 0 Å². The van der Waals surface area contributed by atoms with Crippen LogP contribution in [0.1, 0.15) is 49.9 Å². The zero-order valence-electron chi connectivity index (χ0n) is 23.9. The minimum Gasteiger partial charge on any atom is -0.309 e. The number of hydrogen-bond donors (Lipinski definition) is 0. The van der Waals surface area contributed by atoms with Crippen LogP contribution in [0.3, 0.4) is 0 Å². The van der Waals surface area contributed by atoms with Gasteiger partial charge in [0.25, 0.3) is 0 Å². The molecule has 0 saturated carbocycles. The largest absolute Gasteiger partial charge is 0.309 e. The van der Waals surface area contributed by atoms with E-state index < -0.39 is 0 Å². The smallest absolute Gasteiger partial charge is 0.0547 e. The normalized spacial score (nSPS) is 15.7. The molecule has 2 aliphatic rings. The van der Waals surface area contributed by atoms with Gasteiger partial charge in [0, 0.05) is 27.3 Å². The Morgan fingerprint density at radius 1 is 0.439 bits per heavy atom. The molecule has 0 aliphatic heterocycles. The molecule has 1 heterocycles. The number of para-hydroxylation sites is 1. The molecule has 0 N–H and O–H groups in total. The molecule has 1 heteroatoms. The van der Waals surface area contributed by atoms with Gasteiger partial charge in [0.15, 0.2) is 0 Å². The molecule has 41 heavy (non-hydrogen) atoms. The molecule has 1 aromatic heterocycles. The topological polar surface area (TPSA) is 4.93 Å². The first-order chi connectivity index (χ1) is 19.9. The molecule has 0 fully saturated rings. The van der Waals surface area contributed by atoms with Crippen molar-refractivity contribution < 1.29 is 0 Å². The summed E-state index contributed by atoms with van der Waals surface area (Å²) in [6, 6.07) is 43.4. The van der Waals surface area contributed by atoms with Crippen LogP contribution in [0.5, 0.6) is 0 Å². The van der Waals surface area contributed by atoms with Gasteiger partial charge in [-0.1, -0.05) is 113 Å². The van der Waals surface area contributed by atoms with Crippen molar-refractivity contribution in [2.45, 2.75) is 38.5 Å². The molecule has 9 rings (SSSR count). The van der Waals surface area contributed by atoms with Crippen molar-refractivity contribution >= 4 is 32.6 Å². The molecular formula is C40H31N. The Labute approximate surface area is 240 Å². The van der Waals surface area contributed by atoms with Crippen LogP contribution < -0.4 is 0 Å². The van der Waals surface area contributed by atoms with E-state index in [1.165, 1.54) is 82.8 Å². The van der Waals surface area contributed by atoms with Gasteiger partial charge in [0.2, 0.25) is 0 Å². The summed E-state index contributed by atoms with van der Waals surface area (Å²) in [5.41, 5.74) is 14.8. The number of aromatic nitrogens is 1. The predicted molar refractivity (Wildman–Crippen MR) is 173 cm³/mol. The van der Waals surface area contributed by atoms with E-state index in [0.29, 0.717) is 0 Å². The van der Waals surface area contributed by atoms with Crippen molar-refractivity contribution in [2.75, 3.05) is 0 Å². The van der Waals surface area contributed by atoms with E-state index in [1.54, 1.807) is 0 Å². The van der Waals surface area contributed by atoms with Crippen LogP contribution in [0.15, 0.2) is 115 Å². The molecule has 2 aliphatic carbocycles. The number of fused-ring (bicyclic) bond motifs is 11. The van der Waals surface area contributed by atoms with Crippen LogP contribution in [0, 0.1) is 0 Å². The van der Waals surface area contributed by atoms with Gasteiger partial charge in [-0.15, -0.1) is 0 Å². The maximum absolute atomic E-state index is 2.49. The van der Waals surface area contributed by atoms with Crippen LogP contribution in [-0.4, -0.2) is 4.57 Å². The summed E-state index contributed by atoms with van der Waals surface area (Å²) in [4.78, 5) is 0. The lowest BCUT2D eigenvalue weighted by Gasteiger charge is -2.23. The zero-order valence-corrected chi connectivity index (χ0v) is 23.9. The van der Waals surface area contributed by atoms with Crippen LogP contribution in [0.25, 0.3) is 60.5 Å². The minimum absolute atomic E-state index is 0.00260. The van der Waals surface area contributed by atoms with Crippen molar-refractivity contribution in [1.29, 1.82) is 0 Å². The van der Waals surface area contributed by atoms with Gasteiger partial charge in [-0.2, -0.15) is 0 Å². The van der Waals surface area contributed by atoms with Gasteiger partial charge in [-0.25, -0.2) is 0 Å². The molecule has 1 nitrogen and oxygen atoms in total. The lowest BCUT2D eigenvalue weighted by atomic mass is 9.80.